The van der Waals surface area contributed by atoms with Crippen LogP contribution < -0.4 is 4.74 Å². The lowest BCUT2D eigenvalue weighted by Gasteiger charge is -2.29. The molecule has 0 bridgehead atoms. The summed E-state index contributed by atoms with van der Waals surface area (Å²) in [5.74, 6) is -1.89. The van der Waals surface area contributed by atoms with Gasteiger partial charge in [-0.05, 0) is 40.8 Å². The zero-order valence-corrected chi connectivity index (χ0v) is 17.6. The van der Waals surface area contributed by atoms with Gasteiger partial charge < -0.3 is 14.7 Å². The van der Waals surface area contributed by atoms with Gasteiger partial charge in [0.1, 0.15) is 0 Å². The lowest BCUT2D eigenvalue weighted by molar-refractivity contribution is -0.134. The molecule has 4 unspecified atom stereocenters. The first-order chi connectivity index (χ1) is 14.2. The minimum absolute atomic E-state index is 0.0798. The summed E-state index contributed by atoms with van der Waals surface area (Å²) in [7, 11) is -8.02. The van der Waals surface area contributed by atoms with E-state index >= 15 is 0 Å². The fraction of sp³-hybridized carbons (Fsp3) is 0.333. The first-order valence-electron chi connectivity index (χ1n) is 8.93. The number of aliphatic hydroxyl groups is 1. The van der Waals surface area contributed by atoms with Crippen molar-refractivity contribution in [3.05, 3.63) is 59.7 Å². The largest absolute Gasteiger partial charge is 0.560 e. The van der Waals surface area contributed by atoms with E-state index in [1.54, 1.807) is 13.0 Å². The molecule has 9 nitrogen and oxygen atoms in total. The predicted molar refractivity (Wildman–Crippen MR) is 102 cm³/mol. The Labute approximate surface area is 172 Å². The molecule has 1 aliphatic rings. The second kappa shape index (κ2) is 8.98. The molecular formula is C18H19FNO8P2+. The molecule has 12 heteroatoms. The van der Waals surface area contributed by atoms with Gasteiger partial charge in [-0.15, -0.1) is 4.52 Å². The molecule has 0 saturated carbocycles. The van der Waals surface area contributed by atoms with Crippen LogP contribution >= 0.6 is 15.6 Å². The summed E-state index contributed by atoms with van der Waals surface area (Å²) in [4.78, 5) is 25.6. The summed E-state index contributed by atoms with van der Waals surface area (Å²) in [6.45, 7) is 1.77. The summed E-state index contributed by atoms with van der Waals surface area (Å²) in [5, 5.41) is 7.93. The molecule has 2 aromatic rings. The van der Waals surface area contributed by atoms with Crippen molar-refractivity contribution < 1.29 is 42.1 Å². The zero-order valence-electron chi connectivity index (χ0n) is 15.8. The molecule has 4 atom stereocenters. The van der Waals surface area contributed by atoms with Crippen LogP contribution in [0.3, 0.4) is 0 Å². The highest BCUT2D eigenvalue weighted by atomic mass is 31.2. The maximum Gasteiger partial charge on any atom is 0.560 e. The van der Waals surface area contributed by atoms with E-state index in [1.807, 2.05) is 0 Å². The smallest absolute Gasteiger partial charge is 0.423 e. The van der Waals surface area contributed by atoms with Gasteiger partial charge in [-0.3, -0.25) is 18.9 Å². The maximum atomic E-state index is 14.3. The zero-order chi connectivity index (χ0) is 21.9. The molecule has 1 saturated heterocycles. The molecule has 1 aliphatic heterocycles. The number of pyridine rings is 1. The summed E-state index contributed by atoms with van der Waals surface area (Å²) >= 11 is 0. The van der Waals surface area contributed by atoms with E-state index in [2.05, 4.69) is 4.98 Å². The minimum atomic E-state index is -4.90. The highest BCUT2D eigenvalue weighted by Crippen LogP contribution is 2.72. The number of hydrogen-bond donors (Lipinski definition) is 2. The van der Waals surface area contributed by atoms with E-state index < -0.39 is 45.2 Å². The van der Waals surface area contributed by atoms with Crippen molar-refractivity contribution in [3.63, 3.8) is 0 Å². The van der Waals surface area contributed by atoms with E-state index in [0.717, 1.165) is 12.1 Å². The fourth-order valence-corrected chi connectivity index (χ4v) is 5.67. The number of halogens is 1. The molecule has 0 aliphatic carbocycles. The Balaban J connectivity index is 1.80. The summed E-state index contributed by atoms with van der Waals surface area (Å²) in [5.41, 5.74) is 0.261. The molecule has 1 aromatic carbocycles. The van der Waals surface area contributed by atoms with E-state index in [9.17, 15) is 28.3 Å². The van der Waals surface area contributed by atoms with Crippen LogP contribution in [0.25, 0.3) is 0 Å². The number of carbonyl (C=O) groups excluding carboxylic acids is 1. The lowest BCUT2D eigenvalue weighted by atomic mass is 10.2. The van der Waals surface area contributed by atoms with E-state index in [1.165, 1.54) is 24.5 Å². The van der Waals surface area contributed by atoms with Crippen LogP contribution in [-0.2, 0) is 29.4 Å². The molecular weight excluding hydrogens is 439 g/mol. The minimum Gasteiger partial charge on any atom is -0.423 e. The molecule has 0 spiro atoms. The van der Waals surface area contributed by atoms with Gasteiger partial charge in [-0.2, -0.15) is 0 Å². The molecule has 30 heavy (non-hydrogen) atoms. The summed E-state index contributed by atoms with van der Waals surface area (Å²) < 4.78 is 54.5. The van der Waals surface area contributed by atoms with Crippen molar-refractivity contribution in [2.45, 2.75) is 37.6 Å². The average molecular weight is 458 g/mol. The first kappa shape index (κ1) is 22.6. The SMILES string of the molecule is CCCC(=O)Oc1ccc(C2O[P+](=O)C(O)(Cc3cccnc3)P(=O)(O)O2)cc1F. The van der Waals surface area contributed by atoms with E-state index in [0.29, 0.717) is 12.0 Å². The van der Waals surface area contributed by atoms with Crippen LogP contribution in [0.15, 0.2) is 42.7 Å². The number of carbonyl (C=O) groups is 1. The van der Waals surface area contributed by atoms with Crippen molar-refractivity contribution in [2.24, 2.45) is 0 Å². The number of aromatic nitrogens is 1. The Morgan fingerprint density at radius 2 is 2.20 bits per heavy atom. The number of ether oxygens (including phenoxy) is 1. The van der Waals surface area contributed by atoms with Gasteiger partial charge in [-0.25, -0.2) is 4.39 Å². The average Bonchev–Trinajstić information content (AvgIpc) is 2.68. The topological polar surface area (TPSA) is 132 Å². The maximum absolute atomic E-state index is 14.3. The van der Waals surface area contributed by atoms with Gasteiger partial charge in [0, 0.05) is 24.4 Å². The quantitative estimate of drug-likeness (QED) is 0.377. The van der Waals surface area contributed by atoms with Crippen molar-refractivity contribution >= 4 is 21.6 Å². The van der Waals surface area contributed by atoms with Crippen molar-refractivity contribution in [3.8, 4) is 5.75 Å². The van der Waals surface area contributed by atoms with E-state index in [4.69, 9.17) is 13.8 Å². The van der Waals surface area contributed by atoms with Gasteiger partial charge in [-0.1, -0.05) is 13.0 Å². The molecule has 0 amide bonds. The van der Waals surface area contributed by atoms with E-state index in [-0.39, 0.29) is 17.7 Å². The van der Waals surface area contributed by atoms with Crippen LogP contribution in [-0.4, -0.2) is 26.0 Å². The summed E-state index contributed by atoms with van der Waals surface area (Å²) in [6, 6.07) is 6.29. The molecule has 3 rings (SSSR count). The Bertz CT molecular complexity index is 1000. The Morgan fingerprint density at radius 1 is 1.43 bits per heavy atom. The van der Waals surface area contributed by atoms with Gasteiger partial charge in [0.15, 0.2) is 11.6 Å². The second-order valence-electron chi connectivity index (χ2n) is 6.55. The molecule has 160 valence electrons. The van der Waals surface area contributed by atoms with Gasteiger partial charge in [0.2, 0.25) is 6.29 Å². The number of hydrogen-bond acceptors (Lipinski definition) is 8. The van der Waals surface area contributed by atoms with Gasteiger partial charge >= 0.3 is 26.7 Å². The third-order valence-electron chi connectivity index (χ3n) is 4.25. The van der Waals surface area contributed by atoms with Crippen LogP contribution in [0, 0.1) is 5.82 Å². The Kier molecular flexibility index (Phi) is 6.77. The van der Waals surface area contributed by atoms with Crippen LogP contribution in [0.2, 0.25) is 0 Å². The monoisotopic (exact) mass is 458 g/mol. The second-order valence-corrected chi connectivity index (χ2v) is 10.4. The first-order valence-corrected chi connectivity index (χ1v) is 11.7. The highest BCUT2D eigenvalue weighted by molar-refractivity contribution is 7.68. The molecule has 2 N–H and O–H groups in total. The Morgan fingerprint density at radius 3 is 2.80 bits per heavy atom. The van der Waals surface area contributed by atoms with Gasteiger partial charge in [0.05, 0.1) is 6.42 Å². The number of nitrogens with zero attached hydrogens (tertiary/aromatic N) is 1. The highest BCUT2D eigenvalue weighted by Gasteiger charge is 2.70. The molecule has 2 heterocycles. The molecule has 1 aromatic heterocycles. The molecule has 0 radical (unpaired) electrons. The third kappa shape index (κ3) is 4.64. The van der Waals surface area contributed by atoms with Gasteiger partial charge in [0.25, 0.3) is 0 Å². The van der Waals surface area contributed by atoms with Crippen molar-refractivity contribution in [1.82, 2.24) is 4.98 Å². The third-order valence-corrected chi connectivity index (χ3v) is 8.16. The number of esters is 1. The Hall–Kier alpha value is -2.06. The van der Waals surface area contributed by atoms with Crippen LogP contribution in [0.4, 0.5) is 4.39 Å². The number of rotatable bonds is 6. The van der Waals surface area contributed by atoms with Crippen LogP contribution in [0.5, 0.6) is 5.75 Å². The number of benzene rings is 1. The normalized spacial score (nSPS) is 27.6. The summed E-state index contributed by atoms with van der Waals surface area (Å²) in [6.07, 6.45) is 1.27. The lowest BCUT2D eigenvalue weighted by Crippen LogP contribution is -2.33. The van der Waals surface area contributed by atoms with Crippen molar-refractivity contribution in [2.75, 3.05) is 0 Å². The van der Waals surface area contributed by atoms with Crippen molar-refractivity contribution in [1.29, 1.82) is 0 Å². The predicted octanol–water partition coefficient (Wildman–Crippen LogP) is 3.79. The standard InChI is InChI=1S/C18H18FNO8P2/c1-2-4-16(21)26-15-7-6-13(9-14(15)19)17-27-29(23)18(22,30(24,25)28-17)10-12-5-3-8-20-11-12/h3,5-9,11,17,22H,2,4,10H2,1H3/p+1. The molecule has 1 fully saturated rings. The fourth-order valence-electron chi connectivity index (χ4n) is 2.69. The van der Waals surface area contributed by atoms with Crippen LogP contribution in [0.1, 0.15) is 37.2 Å².